The Morgan fingerprint density at radius 2 is 2.00 bits per heavy atom. The summed E-state index contributed by atoms with van der Waals surface area (Å²) in [6, 6.07) is 0. The normalized spacial score (nSPS) is 12.6. The van der Waals surface area contributed by atoms with Crippen LogP contribution < -0.4 is 4.72 Å². The zero-order chi connectivity index (χ0) is 14.2. The zero-order valence-corrected chi connectivity index (χ0v) is 12.0. The summed E-state index contributed by atoms with van der Waals surface area (Å²) in [4.78, 5) is 10.3. The highest BCUT2D eigenvalue weighted by Gasteiger charge is 2.21. The average Bonchev–Trinajstić information content (AvgIpc) is 2.23. The van der Waals surface area contributed by atoms with Crippen LogP contribution in [0.4, 0.5) is 0 Å². The van der Waals surface area contributed by atoms with Gasteiger partial charge in [0.25, 0.3) is 0 Å². The minimum absolute atomic E-state index is 0.128. The Hall–Kier alpha value is -0.660. The molecule has 0 unspecified atom stereocenters. The third kappa shape index (κ3) is 9.38. The average molecular weight is 281 g/mol. The van der Waals surface area contributed by atoms with Crippen molar-refractivity contribution in [2.75, 3.05) is 26.0 Å². The molecule has 0 aromatic carbocycles. The maximum atomic E-state index is 11.6. The second kappa shape index (κ2) is 7.70. The van der Waals surface area contributed by atoms with Gasteiger partial charge in [-0.15, -0.1) is 0 Å². The highest BCUT2D eigenvalue weighted by molar-refractivity contribution is 7.89. The third-order valence-corrected chi connectivity index (χ3v) is 3.97. The quantitative estimate of drug-likeness (QED) is 0.619. The molecule has 0 aromatic heterocycles. The molecule has 0 amide bonds. The molecule has 6 nitrogen and oxygen atoms in total. The minimum Gasteiger partial charge on any atom is -0.481 e. The van der Waals surface area contributed by atoms with Crippen molar-refractivity contribution in [3.8, 4) is 0 Å². The van der Waals surface area contributed by atoms with Gasteiger partial charge in [-0.2, -0.15) is 0 Å². The lowest BCUT2D eigenvalue weighted by atomic mass is 9.90. The fraction of sp³-hybridized carbons (Fsp3) is 0.909. The van der Waals surface area contributed by atoms with Crippen LogP contribution in [0.5, 0.6) is 0 Å². The standard InChI is InChI=1S/C11H23NO5S/c1-11(2,6-7-17-3)9-12-18(15,16)8-4-5-10(13)14/h12H,4-9H2,1-3H3,(H,13,14). The lowest BCUT2D eigenvalue weighted by Crippen LogP contribution is -2.36. The maximum absolute atomic E-state index is 11.6. The number of hydrogen-bond acceptors (Lipinski definition) is 4. The number of methoxy groups -OCH3 is 1. The Balaban J connectivity index is 4.05. The molecule has 0 aromatic rings. The van der Waals surface area contributed by atoms with Crippen molar-refractivity contribution in [2.45, 2.75) is 33.1 Å². The van der Waals surface area contributed by atoms with E-state index >= 15 is 0 Å². The van der Waals surface area contributed by atoms with E-state index in [-0.39, 0.29) is 24.0 Å². The molecule has 0 saturated heterocycles. The van der Waals surface area contributed by atoms with Crippen LogP contribution in [0, 0.1) is 5.41 Å². The molecule has 0 aliphatic carbocycles. The van der Waals surface area contributed by atoms with Crippen LogP contribution in [0.3, 0.4) is 0 Å². The van der Waals surface area contributed by atoms with E-state index in [1.54, 1.807) is 7.11 Å². The van der Waals surface area contributed by atoms with E-state index in [0.29, 0.717) is 13.2 Å². The van der Waals surface area contributed by atoms with Gasteiger partial charge in [0.1, 0.15) is 0 Å². The molecule has 0 aliphatic heterocycles. The van der Waals surface area contributed by atoms with Crippen LogP contribution in [-0.4, -0.2) is 45.5 Å². The molecule has 18 heavy (non-hydrogen) atoms. The Morgan fingerprint density at radius 1 is 1.39 bits per heavy atom. The highest BCUT2D eigenvalue weighted by atomic mass is 32.2. The lowest BCUT2D eigenvalue weighted by Gasteiger charge is -2.24. The molecule has 0 saturated carbocycles. The highest BCUT2D eigenvalue weighted by Crippen LogP contribution is 2.19. The molecule has 0 heterocycles. The molecule has 0 fully saturated rings. The van der Waals surface area contributed by atoms with E-state index in [1.165, 1.54) is 0 Å². The van der Waals surface area contributed by atoms with Crippen LogP contribution in [0.25, 0.3) is 0 Å². The summed E-state index contributed by atoms with van der Waals surface area (Å²) in [6.07, 6.45) is 0.748. The van der Waals surface area contributed by atoms with Gasteiger partial charge in [0.2, 0.25) is 10.0 Å². The first kappa shape index (κ1) is 17.3. The van der Waals surface area contributed by atoms with Gasteiger partial charge < -0.3 is 9.84 Å². The lowest BCUT2D eigenvalue weighted by molar-refractivity contribution is -0.137. The first-order chi connectivity index (χ1) is 8.18. The largest absolute Gasteiger partial charge is 0.481 e. The molecule has 0 rings (SSSR count). The Labute approximate surface area is 109 Å². The van der Waals surface area contributed by atoms with Crippen molar-refractivity contribution in [1.29, 1.82) is 0 Å². The molecule has 0 atom stereocenters. The van der Waals surface area contributed by atoms with E-state index in [4.69, 9.17) is 9.84 Å². The zero-order valence-electron chi connectivity index (χ0n) is 11.2. The van der Waals surface area contributed by atoms with Gasteiger partial charge in [-0.3, -0.25) is 4.79 Å². The van der Waals surface area contributed by atoms with Gasteiger partial charge in [0, 0.05) is 26.7 Å². The van der Waals surface area contributed by atoms with Gasteiger partial charge in [0.15, 0.2) is 0 Å². The summed E-state index contributed by atoms with van der Waals surface area (Å²) in [5, 5.41) is 8.44. The number of carboxylic acid groups (broad SMARTS) is 1. The summed E-state index contributed by atoms with van der Waals surface area (Å²) < 4.78 is 30.7. The predicted molar refractivity (Wildman–Crippen MR) is 68.9 cm³/mol. The van der Waals surface area contributed by atoms with Gasteiger partial charge in [0.05, 0.1) is 5.75 Å². The van der Waals surface area contributed by atoms with Crippen LogP contribution in [0.2, 0.25) is 0 Å². The van der Waals surface area contributed by atoms with E-state index < -0.39 is 16.0 Å². The molecular weight excluding hydrogens is 258 g/mol. The fourth-order valence-electron chi connectivity index (χ4n) is 1.26. The van der Waals surface area contributed by atoms with Crippen molar-refractivity contribution >= 4 is 16.0 Å². The summed E-state index contributed by atoms with van der Waals surface area (Å²) in [7, 11) is -1.79. The smallest absolute Gasteiger partial charge is 0.303 e. The van der Waals surface area contributed by atoms with Crippen molar-refractivity contribution < 1.29 is 23.1 Å². The molecule has 0 radical (unpaired) electrons. The number of ether oxygens (including phenoxy) is 1. The molecule has 0 spiro atoms. The van der Waals surface area contributed by atoms with Crippen LogP contribution in [-0.2, 0) is 19.6 Å². The van der Waals surface area contributed by atoms with Crippen LogP contribution >= 0.6 is 0 Å². The summed E-state index contributed by atoms with van der Waals surface area (Å²) >= 11 is 0. The molecule has 108 valence electrons. The van der Waals surface area contributed by atoms with E-state index in [1.807, 2.05) is 13.8 Å². The number of rotatable bonds is 10. The number of carbonyl (C=O) groups is 1. The van der Waals surface area contributed by atoms with Crippen LogP contribution in [0.1, 0.15) is 33.1 Å². The fourth-order valence-corrected chi connectivity index (χ4v) is 2.54. The third-order valence-electron chi connectivity index (χ3n) is 2.56. The monoisotopic (exact) mass is 281 g/mol. The van der Waals surface area contributed by atoms with Crippen molar-refractivity contribution in [3.63, 3.8) is 0 Å². The Kier molecular flexibility index (Phi) is 7.42. The van der Waals surface area contributed by atoms with Crippen molar-refractivity contribution in [2.24, 2.45) is 5.41 Å². The second-order valence-electron chi connectivity index (χ2n) is 5.04. The van der Waals surface area contributed by atoms with Gasteiger partial charge in [-0.05, 0) is 18.3 Å². The number of nitrogens with one attached hydrogen (secondary N) is 1. The molecule has 7 heteroatoms. The minimum atomic E-state index is -3.39. The number of carboxylic acids is 1. The Morgan fingerprint density at radius 3 is 2.50 bits per heavy atom. The van der Waals surface area contributed by atoms with E-state index in [0.717, 1.165) is 6.42 Å². The predicted octanol–water partition coefficient (Wildman–Crippen LogP) is 0.833. The topological polar surface area (TPSA) is 92.7 Å². The molecular formula is C11H23NO5S. The van der Waals surface area contributed by atoms with Crippen molar-refractivity contribution in [1.82, 2.24) is 4.72 Å². The second-order valence-corrected chi connectivity index (χ2v) is 6.97. The maximum Gasteiger partial charge on any atom is 0.303 e. The summed E-state index contributed by atoms with van der Waals surface area (Å²) in [5.41, 5.74) is -0.185. The summed E-state index contributed by atoms with van der Waals surface area (Å²) in [6.45, 7) is 4.80. The van der Waals surface area contributed by atoms with Gasteiger partial charge in [-0.25, -0.2) is 13.1 Å². The van der Waals surface area contributed by atoms with Crippen LogP contribution in [0.15, 0.2) is 0 Å². The SMILES string of the molecule is COCCC(C)(C)CNS(=O)(=O)CCCC(=O)O. The molecule has 2 N–H and O–H groups in total. The van der Waals surface area contributed by atoms with E-state index in [9.17, 15) is 13.2 Å². The summed E-state index contributed by atoms with van der Waals surface area (Å²) in [5.74, 6) is -1.13. The van der Waals surface area contributed by atoms with E-state index in [2.05, 4.69) is 4.72 Å². The van der Waals surface area contributed by atoms with Gasteiger partial charge >= 0.3 is 5.97 Å². The Bertz CT molecular complexity index is 350. The first-order valence-electron chi connectivity index (χ1n) is 5.87. The van der Waals surface area contributed by atoms with Crippen molar-refractivity contribution in [3.05, 3.63) is 0 Å². The molecule has 0 aliphatic rings. The number of aliphatic carboxylic acids is 1. The molecule has 0 bridgehead atoms. The van der Waals surface area contributed by atoms with Gasteiger partial charge in [-0.1, -0.05) is 13.8 Å². The number of sulfonamides is 1. The first-order valence-corrected chi connectivity index (χ1v) is 7.52. The number of hydrogen-bond donors (Lipinski definition) is 2.